The predicted molar refractivity (Wildman–Crippen MR) is 104 cm³/mol. The van der Waals surface area contributed by atoms with E-state index in [1.165, 1.54) is 12.2 Å². The second-order valence-electron chi connectivity index (χ2n) is 6.18. The van der Waals surface area contributed by atoms with E-state index in [4.69, 9.17) is 27.7 Å². The third-order valence-electron chi connectivity index (χ3n) is 4.02. The van der Waals surface area contributed by atoms with E-state index in [9.17, 15) is 14.3 Å². The minimum Gasteiger partial charge on any atom is -0.510 e. The first-order valence-electron chi connectivity index (χ1n) is 8.33. The van der Waals surface area contributed by atoms with Crippen molar-refractivity contribution in [1.29, 1.82) is 0 Å². The van der Waals surface area contributed by atoms with E-state index in [2.05, 4.69) is 15.5 Å². The Morgan fingerprint density at radius 3 is 2.93 bits per heavy atom. The van der Waals surface area contributed by atoms with Crippen LogP contribution in [0.5, 0.6) is 0 Å². The molecule has 0 atom stereocenters. The van der Waals surface area contributed by atoms with Gasteiger partial charge in [-0.3, -0.25) is 4.79 Å². The molecule has 2 N–H and O–H groups in total. The average molecular weight is 424 g/mol. The Balaban J connectivity index is 1.72. The lowest BCUT2D eigenvalue weighted by atomic mass is 10.2. The third kappa shape index (κ3) is 4.79. The van der Waals surface area contributed by atoms with Crippen LogP contribution in [0.1, 0.15) is 36.3 Å². The Labute approximate surface area is 170 Å². The summed E-state index contributed by atoms with van der Waals surface area (Å²) < 4.78 is 19.0. The van der Waals surface area contributed by atoms with E-state index in [0.29, 0.717) is 16.2 Å². The second-order valence-corrected chi connectivity index (χ2v) is 7.08. The topological polar surface area (TPSA) is 88.2 Å². The van der Waals surface area contributed by atoms with Gasteiger partial charge in [0.1, 0.15) is 11.6 Å². The van der Waals surface area contributed by atoms with Crippen LogP contribution >= 0.6 is 23.2 Å². The Morgan fingerprint density at radius 2 is 2.14 bits per heavy atom. The Hall–Kier alpha value is -2.64. The molecule has 28 heavy (non-hydrogen) atoms. The number of carbonyl (C=O) groups excluding carboxylic acids is 1. The van der Waals surface area contributed by atoms with Gasteiger partial charge in [-0.2, -0.15) is 4.98 Å². The predicted octanol–water partition coefficient (Wildman–Crippen LogP) is 4.85. The molecule has 2 aliphatic carbocycles. The molecule has 2 aliphatic rings. The second kappa shape index (κ2) is 8.58. The number of nitrogens with zero attached hydrogens (tertiary/aromatic N) is 2. The first-order valence-corrected chi connectivity index (χ1v) is 9.09. The summed E-state index contributed by atoms with van der Waals surface area (Å²) in [6, 6.07) is 0. The van der Waals surface area contributed by atoms with Gasteiger partial charge in [0.05, 0.1) is 5.03 Å². The van der Waals surface area contributed by atoms with Gasteiger partial charge in [0.15, 0.2) is 0 Å². The molecule has 1 heterocycles. The molecule has 9 heteroatoms. The number of nitrogens with one attached hydrogen (secondary N) is 1. The lowest BCUT2D eigenvalue weighted by molar-refractivity contribution is 0.0913. The fraction of sp³-hybridized carbons (Fsp3) is 0.211. The van der Waals surface area contributed by atoms with Crippen molar-refractivity contribution in [2.24, 2.45) is 0 Å². The van der Waals surface area contributed by atoms with Crippen LogP contribution in [0.15, 0.2) is 67.7 Å². The van der Waals surface area contributed by atoms with E-state index in [0.717, 1.165) is 5.57 Å². The van der Waals surface area contributed by atoms with Gasteiger partial charge in [0.25, 0.3) is 0 Å². The smallest absolute Gasteiger partial charge is 0.316 e. The van der Waals surface area contributed by atoms with Crippen LogP contribution < -0.4 is 5.32 Å². The third-order valence-corrected chi connectivity index (χ3v) is 4.59. The summed E-state index contributed by atoms with van der Waals surface area (Å²) in [6.45, 7) is 1.85. The van der Waals surface area contributed by atoms with Gasteiger partial charge in [-0.05, 0) is 19.1 Å². The number of rotatable bonds is 4. The number of amides is 1. The molecule has 0 saturated heterocycles. The molecule has 146 valence electrons. The van der Waals surface area contributed by atoms with Crippen LogP contribution in [0, 0.1) is 0 Å². The molecular weight excluding hydrogens is 408 g/mol. The van der Waals surface area contributed by atoms with Crippen molar-refractivity contribution in [3.8, 4) is 0 Å². The summed E-state index contributed by atoms with van der Waals surface area (Å²) in [5, 5.41) is 16.4. The highest BCUT2D eigenvalue weighted by Crippen LogP contribution is 2.29. The van der Waals surface area contributed by atoms with Crippen molar-refractivity contribution >= 4 is 34.7 Å². The number of hydrogen-bond donors (Lipinski definition) is 2. The lowest BCUT2D eigenvalue weighted by Crippen LogP contribution is -2.26. The van der Waals surface area contributed by atoms with Crippen LogP contribution in [0.4, 0.5) is 4.39 Å². The molecule has 3 rings (SSSR count). The van der Waals surface area contributed by atoms with Gasteiger partial charge in [-0.25, -0.2) is 4.39 Å². The lowest BCUT2D eigenvalue weighted by Gasteiger charge is -2.04. The van der Waals surface area contributed by atoms with Gasteiger partial charge >= 0.3 is 11.8 Å². The molecule has 0 bridgehead atoms. The number of halogens is 3. The zero-order chi connectivity index (χ0) is 20.3. The van der Waals surface area contributed by atoms with Gasteiger partial charge in [0, 0.05) is 35.6 Å². The monoisotopic (exact) mass is 423 g/mol. The molecule has 0 unspecified atom stereocenters. The average Bonchev–Trinajstić information content (AvgIpc) is 3.03. The largest absolute Gasteiger partial charge is 0.510 e. The van der Waals surface area contributed by atoms with Crippen LogP contribution in [0.3, 0.4) is 0 Å². The molecule has 0 aromatic carbocycles. The van der Waals surface area contributed by atoms with Crippen molar-refractivity contribution in [3.63, 3.8) is 0 Å². The Morgan fingerprint density at radius 1 is 1.36 bits per heavy atom. The molecule has 0 radical (unpaired) electrons. The first kappa shape index (κ1) is 20.1. The highest BCUT2D eigenvalue weighted by molar-refractivity contribution is 6.33. The first-order chi connectivity index (χ1) is 13.3. The summed E-state index contributed by atoms with van der Waals surface area (Å²) in [6.07, 6.45) is 8.36. The zero-order valence-electron chi connectivity index (χ0n) is 14.8. The standard InChI is InChI=1S/C19H16Cl2FN3O3/c1-10-2-4-11(15(22)5-3-10)9-23-18(27)19-24-17(25-28-19)12-6-13(20)8-16(26)14(21)7-12/h2-4,6-7,26H,5,8-9H2,1H3,(H,23,27). The Kier molecular flexibility index (Phi) is 6.16. The minimum absolute atomic E-state index is 0.0170. The van der Waals surface area contributed by atoms with Gasteiger partial charge in [0.2, 0.25) is 5.82 Å². The van der Waals surface area contributed by atoms with Crippen LogP contribution in [0.25, 0.3) is 5.57 Å². The minimum atomic E-state index is -0.643. The van der Waals surface area contributed by atoms with Crippen molar-refractivity contribution in [3.05, 3.63) is 74.9 Å². The van der Waals surface area contributed by atoms with Gasteiger partial charge in [-0.1, -0.05) is 52.2 Å². The summed E-state index contributed by atoms with van der Waals surface area (Å²) >= 11 is 12.0. The highest BCUT2D eigenvalue weighted by Gasteiger charge is 2.19. The van der Waals surface area contributed by atoms with Crippen molar-refractivity contribution < 1.29 is 18.8 Å². The molecule has 0 spiro atoms. The van der Waals surface area contributed by atoms with Crippen molar-refractivity contribution in [1.82, 2.24) is 15.5 Å². The molecule has 0 aliphatic heterocycles. The summed E-state index contributed by atoms with van der Waals surface area (Å²) in [4.78, 5) is 16.3. The molecule has 1 aromatic heterocycles. The fourth-order valence-corrected chi connectivity index (χ4v) is 2.89. The highest BCUT2D eigenvalue weighted by atomic mass is 35.5. The number of hydrogen-bond acceptors (Lipinski definition) is 5. The van der Waals surface area contributed by atoms with E-state index in [1.807, 2.05) is 6.92 Å². The summed E-state index contributed by atoms with van der Waals surface area (Å²) in [5.74, 6) is -1.26. The number of aromatic nitrogens is 2. The molecule has 1 amide bonds. The summed E-state index contributed by atoms with van der Waals surface area (Å²) in [7, 11) is 0. The molecule has 0 saturated carbocycles. The number of aliphatic hydroxyl groups is 1. The van der Waals surface area contributed by atoms with E-state index < -0.39 is 5.91 Å². The number of carbonyl (C=O) groups is 1. The van der Waals surface area contributed by atoms with E-state index >= 15 is 0 Å². The van der Waals surface area contributed by atoms with Crippen LogP contribution in [-0.2, 0) is 0 Å². The maximum atomic E-state index is 14.0. The SMILES string of the molecule is CC1=CCC(F)=C(CNC(=O)c2nc(C3=CC(Cl)=C(O)CC(Cl)=C3)no2)C=C1. The van der Waals surface area contributed by atoms with Crippen molar-refractivity contribution in [2.75, 3.05) is 6.54 Å². The maximum absolute atomic E-state index is 14.0. The van der Waals surface area contributed by atoms with Crippen molar-refractivity contribution in [2.45, 2.75) is 19.8 Å². The quantitative estimate of drug-likeness (QED) is 0.722. The molecule has 6 nitrogen and oxygen atoms in total. The molecular formula is C19H16Cl2FN3O3. The Bertz CT molecular complexity index is 1000. The zero-order valence-corrected chi connectivity index (χ0v) is 16.3. The van der Waals surface area contributed by atoms with E-state index in [1.54, 1.807) is 18.2 Å². The van der Waals surface area contributed by atoms with Gasteiger partial charge in [-0.15, -0.1) is 0 Å². The molecule has 1 aromatic rings. The molecule has 0 fully saturated rings. The number of aliphatic hydroxyl groups excluding tert-OH is 1. The summed E-state index contributed by atoms with van der Waals surface area (Å²) in [5.41, 5.74) is 1.69. The van der Waals surface area contributed by atoms with Crippen LogP contribution in [-0.4, -0.2) is 27.7 Å². The number of allylic oxidation sites excluding steroid dienone is 9. The van der Waals surface area contributed by atoms with E-state index in [-0.39, 0.29) is 47.7 Å². The normalized spacial score (nSPS) is 17.6. The maximum Gasteiger partial charge on any atom is 0.316 e. The van der Waals surface area contributed by atoms with Gasteiger partial charge < -0.3 is 14.9 Å². The fourth-order valence-electron chi connectivity index (χ4n) is 2.47. The van der Waals surface area contributed by atoms with Crippen LogP contribution in [0.2, 0.25) is 0 Å².